The lowest BCUT2D eigenvalue weighted by Gasteiger charge is -2.37. The molecule has 0 radical (unpaired) electrons. The molecule has 1 aliphatic heterocycles. The maximum Gasteiger partial charge on any atom is 0.311 e. The van der Waals surface area contributed by atoms with Crippen molar-refractivity contribution < 1.29 is 19.4 Å². The monoisotopic (exact) mass is 319 g/mol. The summed E-state index contributed by atoms with van der Waals surface area (Å²) in [7, 11) is 0. The van der Waals surface area contributed by atoms with Gasteiger partial charge in [-0.1, -0.05) is 0 Å². The highest BCUT2D eigenvalue weighted by Crippen LogP contribution is 2.30. The molecule has 0 saturated carbocycles. The van der Waals surface area contributed by atoms with Gasteiger partial charge in [-0.15, -0.1) is 0 Å². The van der Waals surface area contributed by atoms with Crippen molar-refractivity contribution in [2.24, 2.45) is 5.41 Å². The molecule has 1 aromatic carbocycles. The van der Waals surface area contributed by atoms with Gasteiger partial charge in [0, 0.05) is 18.7 Å². The van der Waals surface area contributed by atoms with Crippen molar-refractivity contribution in [1.82, 2.24) is 4.90 Å². The fourth-order valence-electron chi connectivity index (χ4n) is 2.79. The molecule has 126 valence electrons. The molecule has 23 heavy (non-hydrogen) atoms. The average Bonchev–Trinajstić information content (AvgIpc) is 2.45. The summed E-state index contributed by atoms with van der Waals surface area (Å²) in [6, 6.07) is 7.02. The van der Waals surface area contributed by atoms with E-state index >= 15 is 0 Å². The van der Waals surface area contributed by atoms with Gasteiger partial charge in [-0.2, -0.15) is 0 Å². The lowest BCUT2D eigenvalue weighted by atomic mass is 9.82. The minimum absolute atomic E-state index is 0.125. The molecule has 0 aromatic heterocycles. The molecule has 1 amide bonds. The Morgan fingerprint density at radius 1 is 1.22 bits per heavy atom. The van der Waals surface area contributed by atoms with Crippen molar-refractivity contribution >= 4 is 11.9 Å². The Kier molecular flexibility index (Phi) is 4.68. The van der Waals surface area contributed by atoms with Crippen LogP contribution in [0.4, 0.5) is 0 Å². The number of carbonyl (C=O) groups excluding carboxylic acids is 1. The van der Waals surface area contributed by atoms with E-state index in [-0.39, 0.29) is 18.1 Å². The second-order valence-corrected chi connectivity index (χ2v) is 7.43. The smallest absolute Gasteiger partial charge is 0.311 e. The van der Waals surface area contributed by atoms with Crippen LogP contribution in [0.25, 0.3) is 0 Å². The van der Waals surface area contributed by atoms with Crippen LogP contribution in [0, 0.1) is 5.41 Å². The number of benzene rings is 1. The fraction of sp³-hybridized carbons (Fsp3) is 0.556. The van der Waals surface area contributed by atoms with Crippen LogP contribution in [-0.2, 0) is 4.79 Å². The van der Waals surface area contributed by atoms with Gasteiger partial charge in [0.25, 0.3) is 5.91 Å². The van der Waals surface area contributed by atoms with Gasteiger partial charge in [0.15, 0.2) is 0 Å². The van der Waals surface area contributed by atoms with Gasteiger partial charge in [-0.05, 0) is 64.8 Å². The van der Waals surface area contributed by atoms with Crippen LogP contribution in [0.5, 0.6) is 5.75 Å². The van der Waals surface area contributed by atoms with Gasteiger partial charge in [-0.3, -0.25) is 9.59 Å². The highest BCUT2D eigenvalue weighted by Gasteiger charge is 2.39. The summed E-state index contributed by atoms with van der Waals surface area (Å²) in [5.41, 5.74) is -0.592. The molecular weight excluding hydrogens is 294 g/mol. The average molecular weight is 319 g/mol. The summed E-state index contributed by atoms with van der Waals surface area (Å²) in [5.74, 6) is -0.258. The van der Waals surface area contributed by atoms with Crippen LogP contribution < -0.4 is 4.74 Å². The number of likely N-dealkylation sites (tertiary alicyclic amines) is 1. The normalized spacial score (nSPS) is 21.8. The number of carbonyl (C=O) groups is 2. The van der Waals surface area contributed by atoms with Crippen molar-refractivity contribution in [1.29, 1.82) is 0 Å². The first-order valence-corrected chi connectivity index (χ1v) is 7.92. The van der Waals surface area contributed by atoms with E-state index < -0.39 is 11.4 Å². The Morgan fingerprint density at radius 2 is 1.83 bits per heavy atom. The van der Waals surface area contributed by atoms with Crippen LogP contribution in [0.15, 0.2) is 24.3 Å². The van der Waals surface area contributed by atoms with Gasteiger partial charge >= 0.3 is 5.97 Å². The van der Waals surface area contributed by atoms with Crippen LogP contribution in [0.1, 0.15) is 50.9 Å². The minimum atomic E-state index is -0.858. The predicted octanol–water partition coefficient (Wildman–Crippen LogP) is 3.19. The van der Waals surface area contributed by atoms with E-state index in [9.17, 15) is 14.7 Å². The number of hydrogen-bond acceptors (Lipinski definition) is 3. The zero-order valence-corrected chi connectivity index (χ0v) is 14.3. The molecule has 1 heterocycles. The Morgan fingerprint density at radius 3 is 2.35 bits per heavy atom. The molecular formula is C18H25NO4. The van der Waals surface area contributed by atoms with Crippen LogP contribution in [0.3, 0.4) is 0 Å². The highest BCUT2D eigenvalue weighted by molar-refractivity contribution is 5.94. The summed E-state index contributed by atoms with van der Waals surface area (Å²) in [6.07, 6.45) is 1.31. The third-order valence-electron chi connectivity index (χ3n) is 4.03. The van der Waals surface area contributed by atoms with E-state index in [1.165, 1.54) is 0 Å². The van der Waals surface area contributed by atoms with E-state index in [0.29, 0.717) is 30.7 Å². The molecule has 1 saturated heterocycles. The third-order valence-corrected chi connectivity index (χ3v) is 4.03. The maximum atomic E-state index is 12.6. The zero-order chi connectivity index (χ0) is 17.3. The van der Waals surface area contributed by atoms with Gasteiger partial charge in [0.1, 0.15) is 11.4 Å². The van der Waals surface area contributed by atoms with Gasteiger partial charge in [-0.25, -0.2) is 0 Å². The second kappa shape index (κ2) is 6.22. The molecule has 0 spiro atoms. The van der Waals surface area contributed by atoms with E-state index in [2.05, 4.69) is 0 Å². The number of carboxylic acids is 1. The zero-order valence-electron chi connectivity index (χ0n) is 14.3. The van der Waals surface area contributed by atoms with Gasteiger partial charge < -0.3 is 14.7 Å². The summed E-state index contributed by atoms with van der Waals surface area (Å²) >= 11 is 0. The summed E-state index contributed by atoms with van der Waals surface area (Å²) in [5, 5.41) is 9.36. The minimum Gasteiger partial charge on any atom is -0.488 e. The highest BCUT2D eigenvalue weighted by atomic mass is 16.5. The van der Waals surface area contributed by atoms with Crippen LogP contribution in [-0.4, -0.2) is 40.6 Å². The van der Waals surface area contributed by atoms with Crippen molar-refractivity contribution in [3.05, 3.63) is 29.8 Å². The lowest BCUT2D eigenvalue weighted by molar-refractivity contribution is -0.150. The molecule has 5 heteroatoms. The number of rotatable bonds is 3. The second-order valence-electron chi connectivity index (χ2n) is 7.43. The number of piperidine rings is 1. The molecule has 0 bridgehead atoms. The van der Waals surface area contributed by atoms with E-state index in [4.69, 9.17) is 4.74 Å². The topological polar surface area (TPSA) is 66.8 Å². The van der Waals surface area contributed by atoms with Crippen LogP contribution in [0.2, 0.25) is 0 Å². The molecule has 1 N–H and O–H groups in total. The largest absolute Gasteiger partial charge is 0.488 e. The maximum absolute atomic E-state index is 12.6. The first-order chi connectivity index (χ1) is 10.6. The number of ether oxygens (including phenoxy) is 1. The number of carboxylic acid groups (broad SMARTS) is 1. The van der Waals surface area contributed by atoms with Gasteiger partial charge in [0.2, 0.25) is 0 Å². The van der Waals surface area contributed by atoms with E-state index in [0.717, 1.165) is 0 Å². The molecule has 1 unspecified atom stereocenters. The molecule has 2 rings (SSSR count). The number of amides is 1. The Balaban J connectivity index is 2.10. The number of aliphatic carboxylic acids is 1. The van der Waals surface area contributed by atoms with E-state index in [1.807, 2.05) is 20.8 Å². The SMILES string of the molecule is CC(C)(C)Oc1ccc(C(=O)N2CCCC(C)(C(=O)O)C2)cc1. The van der Waals surface area contributed by atoms with Crippen molar-refractivity contribution in [2.45, 2.75) is 46.1 Å². The van der Waals surface area contributed by atoms with Crippen molar-refractivity contribution in [2.75, 3.05) is 13.1 Å². The summed E-state index contributed by atoms with van der Waals surface area (Å²) < 4.78 is 5.74. The summed E-state index contributed by atoms with van der Waals surface area (Å²) in [4.78, 5) is 25.6. The number of hydrogen-bond donors (Lipinski definition) is 1. The van der Waals surface area contributed by atoms with Crippen LogP contribution >= 0.6 is 0 Å². The predicted molar refractivity (Wildman–Crippen MR) is 87.7 cm³/mol. The molecule has 1 aliphatic rings. The summed E-state index contributed by atoms with van der Waals surface area (Å²) in [6.45, 7) is 8.45. The Labute approximate surface area is 137 Å². The Hall–Kier alpha value is -2.04. The third kappa shape index (κ3) is 4.24. The quantitative estimate of drug-likeness (QED) is 0.929. The molecule has 0 aliphatic carbocycles. The van der Waals surface area contributed by atoms with Crippen molar-refractivity contribution in [3.8, 4) is 5.75 Å². The number of nitrogens with zero attached hydrogens (tertiary/aromatic N) is 1. The lowest BCUT2D eigenvalue weighted by Crippen LogP contribution is -2.48. The van der Waals surface area contributed by atoms with Gasteiger partial charge in [0.05, 0.1) is 5.41 Å². The van der Waals surface area contributed by atoms with E-state index in [1.54, 1.807) is 36.1 Å². The van der Waals surface area contributed by atoms with Crippen molar-refractivity contribution in [3.63, 3.8) is 0 Å². The standard InChI is InChI=1S/C18H25NO4/c1-17(2,3)23-14-8-6-13(7-9-14)15(20)19-11-5-10-18(4,12-19)16(21)22/h6-9H,5,10-12H2,1-4H3,(H,21,22). The molecule has 5 nitrogen and oxygen atoms in total. The Bertz CT molecular complexity index is 588. The molecule has 1 fully saturated rings. The molecule has 1 atom stereocenters. The first-order valence-electron chi connectivity index (χ1n) is 7.92. The molecule has 1 aromatic rings. The fourth-order valence-corrected chi connectivity index (χ4v) is 2.79. The first kappa shape index (κ1) is 17.3.